The van der Waals surface area contributed by atoms with Crippen LogP contribution >= 0.6 is 0 Å². The Morgan fingerprint density at radius 3 is 2.00 bits per heavy atom. The third kappa shape index (κ3) is 5.82. The molecule has 5 heteroatoms. The number of nitrogens with zero attached hydrogens (tertiary/aromatic N) is 3. The summed E-state index contributed by atoms with van der Waals surface area (Å²) in [6.45, 7) is 21.2. The normalized spacial score (nSPS) is 18.5. The molecule has 0 unspecified atom stereocenters. The zero-order valence-corrected chi connectivity index (χ0v) is 34.6. The van der Waals surface area contributed by atoms with E-state index in [0.29, 0.717) is 0 Å². The van der Waals surface area contributed by atoms with E-state index in [4.69, 9.17) is 4.74 Å². The van der Waals surface area contributed by atoms with Crippen LogP contribution in [0.5, 0.6) is 0 Å². The van der Waals surface area contributed by atoms with Crippen molar-refractivity contribution < 1.29 is 14.1 Å². The molecule has 2 heterocycles. The van der Waals surface area contributed by atoms with Crippen LogP contribution in [0.25, 0.3) is 32.7 Å². The number of anilines is 1. The van der Waals surface area contributed by atoms with Crippen LogP contribution in [0.3, 0.4) is 0 Å². The van der Waals surface area contributed by atoms with Gasteiger partial charge < -0.3 is 9.64 Å². The predicted molar refractivity (Wildman–Crippen MR) is 235 cm³/mol. The van der Waals surface area contributed by atoms with E-state index in [1.54, 1.807) is 4.90 Å². The number of hydrogen-bond donors (Lipinski definition) is 0. The fourth-order valence-corrected chi connectivity index (χ4v) is 9.55. The molecule has 1 amide bonds. The standard InChI is InChI=1S/C51H54N3O2/c1-11-53-41-29-25-33-19-13-15-21-35(33)45(41)50(6,7)43(53)31-27-39-37-23-17-18-24-38(37)40(47(39)52(10)48(55)56-49(3,4)5)28-32-44-51(8,9)46-36-22-16-14-20-34(36)26-30-42(46)54(44)12-2/h13-32H,11-12H2,1-10H3/q+1. The Morgan fingerprint density at radius 2 is 1.36 bits per heavy atom. The molecule has 0 saturated carbocycles. The molecule has 0 spiro atoms. The molecule has 284 valence electrons. The average Bonchev–Trinajstić information content (AvgIpc) is 3.69. The Kier molecular flexibility index (Phi) is 8.99. The fourth-order valence-electron chi connectivity index (χ4n) is 9.55. The maximum Gasteiger partial charge on any atom is 0.414 e. The monoisotopic (exact) mass is 740 g/mol. The molecule has 3 aliphatic rings. The van der Waals surface area contributed by atoms with Crippen LogP contribution in [-0.4, -0.2) is 47.0 Å². The topological polar surface area (TPSA) is 35.8 Å². The van der Waals surface area contributed by atoms with Gasteiger partial charge in [0.25, 0.3) is 0 Å². The first-order chi connectivity index (χ1) is 26.7. The zero-order valence-electron chi connectivity index (χ0n) is 34.6. The molecule has 0 fully saturated rings. The number of allylic oxidation sites excluding steroid dienone is 7. The van der Waals surface area contributed by atoms with Crippen LogP contribution in [0, 0.1) is 0 Å². The molecule has 0 saturated heterocycles. The highest BCUT2D eigenvalue weighted by atomic mass is 16.6. The molecule has 2 aliphatic heterocycles. The minimum Gasteiger partial charge on any atom is -0.443 e. The van der Waals surface area contributed by atoms with Crippen molar-refractivity contribution >= 4 is 55.9 Å². The lowest BCUT2D eigenvalue weighted by atomic mass is 9.79. The van der Waals surface area contributed by atoms with Gasteiger partial charge in [-0.3, -0.25) is 4.90 Å². The highest BCUT2D eigenvalue weighted by Crippen LogP contribution is 2.52. The van der Waals surface area contributed by atoms with E-state index in [0.717, 1.165) is 41.1 Å². The van der Waals surface area contributed by atoms with E-state index < -0.39 is 5.60 Å². The van der Waals surface area contributed by atoms with Crippen molar-refractivity contribution in [2.45, 2.75) is 78.7 Å². The summed E-state index contributed by atoms with van der Waals surface area (Å²) in [7, 11) is 1.84. The van der Waals surface area contributed by atoms with Crippen LogP contribution in [0.2, 0.25) is 0 Å². The van der Waals surface area contributed by atoms with E-state index in [9.17, 15) is 4.79 Å². The average molecular weight is 741 g/mol. The summed E-state index contributed by atoms with van der Waals surface area (Å²) in [4.78, 5) is 18.2. The fraction of sp³-hybridized carbons (Fsp3) is 0.294. The molecular formula is C51H54N3O2+. The van der Waals surface area contributed by atoms with Crippen LogP contribution in [0.4, 0.5) is 16.2 Å². The summed E-state index contributed by atoms with van der Waals surface area (Å²) < 4.78 is 8.47. The number of carbonyl (C=O) groups is 1. The van der Waals surface area contributed by atoms with Gasteiger partial charge in [0, 0.05) is 59.2 Å². The molecule has 0 N–H and O–H groups in total. The minimum atomic E-state index is -0.650. The lowest BCUT2D eigenvalue weighted by Crippen LogP contribution is -2.34. The quantitative estimate of drug-likeness (QED) is 0.163. The number of amides is 1. The molecule has 0 atom stereocenters. The molecule has 5 aromatic rings. The number of fused-ring (bicyclic) bond motifs is 7. The maximum absolute atomic E-state index is 14.0. The van der Waals surface area contributed by atoms with Crippen LogP contribution in [0.1, 0.15) is 84.6 Å². The van der Waals surface area contributed by atoms with E-state index >= 15 is 0 Å². The van der Waals surface area contributed by atoms with Crippen molar-refractivity contribution in [2.75, 3.05) is 25.0 Å². The van der Waals surface area contributed by atoms with Gasteiger partial charge in [0.2, 0.25) is 5.69 Å². The lowest BCUT2D eigenvalue weighted by molar-refractivity contribution is -0.433. The van der Waals surface area contributed by atoms with E-state index in [1.165, 1.54) is 55.5 Å². The Hall–Kier alpha value is -5.68. The van der Waals surface area contributed by atoms with E-state index in [2.05, 4.69) is 172 Å². The zero-order chi connectivity index (χ0) is 39.7. The largest absolute Gasteiger partial charge is 0.443 e. The van der Waals surface area contributed by atoms with E-state index in [-0.39, 0.29) is 16.9 Å². The molecule has 1 aliphatic carbocycles. The highest BCUT2D eigenvalue weighted by molar-refractivity contribution is 6.11. The van der Waals surface area contributed by atoms with Crippen molar-refractivity contribution in [1.29, 1.82) is 0 Å². The first kappa shape index (κ1) is 37.3. The molecule has 8 rings (SSSR count). The number of benzene rings is 5. The molecule has 56 heavy (non-hydrogen) atoms. The summed E-state index contributed by atoms with van der Waals surface area (Å²) in [5.74, 6) is 0. The molecule has 5 aromatic carbocycles. The summed E-state index contributed by atoms with van der Waals surface area (Å²) >= 11 is 0. The summed E-state index contributed by atoms with van der Waals surface area (Å²) in [6.07, 6.45) is 8.65. The molecule has 0 bridgehead atoms. The van der Waals surface area contributed by atoms with Gasteiger partial charge in [-0.2, -0.15) is 4.58 Å². The van der Waals surface area contributed by atoms with Gasteiger partial charge in [-0.05, 0) is 111 Å². The Labute approximate surface area is 332 Å². The SMILES string of the molecule is CCN1C(=CC=C2C(N(C)C(=O)OC(C)(C)C)=C(C=CC3=[N+](CC)c4ccc5ccccc5c4C3(C)C)c3ccccc32)C(C)(C)c2c1ccc1ccccc21. The number of ether oxygens (including phenoxy) is 1. The summed E-state index contributed by atoms with van der Waals surface area (Å²) in [5, 5.41) is 5.08. The molecule has 5 nitrogen and oxygen atoms in total. The second-order valence-electron chi connectivity index (χ2n) is 17.3. The Bertz CT molecular complexity index is 2610. The summed E-state index contributed by atoms with van der Waals surface area (Å²) in [6, 6.07) is 34.9. The second-order valence-corrected chi connectivity index (χ2v) is 17.3. The summed E-state index contributed by atoms with van der Waals surface area (Å²) in [5.41, 5.74) is 11.5. The van der Waals surface area contributed by atoms with Crippen LogP contribution in [0.15, 0.2) is 133 Å². The third-order valence-corrected chi connectivity index (χ3v) is 12.0. The number of hydrogen-bond acceptors (Lipinski definition) is 3. The molecule has 0 aromatic heterocycles. The first-order valence-corrected chi connectivity index (χ1v) is 20.1. The number of rotatable bonds is 6. The van der Waals surface area contributed by atoms with Crippen LogP contribution < -0.4 is 4.90 Å². The van der Waals surface area contributed by atoms with Crippen molar-refractivity contribution in [3.8, 4) is 0 Å². The van der Waals surface area contributed by atoms with Crippen molar-refractivity contribution in [1.82, 2.24) is 4.90 Å². The Balaban J connectivity index is 1.31. The first-order valence-electron chi connectivity index (χ1n) is 20.1. The number of likely N-dealkylation sites (N-methyl/N-ethyl adjacent to an activating group) is 2. The second kappa shape index (κ2) is 13.5. The molecular weight excluding hydrogens is 687 g/mol. The predicted octanol–water partition coefficient (Wildman–Crippen LogP) is 12.3. The van der Waals surface area contributed by atoms with Crippen molar-refractivity contribution in [2.24, 2.45) is 0 Å². The maximum atomic E-state index is 14.0. The van der Waals surface area contributed by atoms with Gasteiger partial charge in [-0.25, -0.2) is 4.79 Å². The number of carbonyl (C=O) groups excluding carboxylic acids is 1. The smallest absolute Gasteiger partial charge is 0.414 e. The molecule has 0 radical (unpaired) electrons. The Morgan fingerprint density at radius 1 is 0.750 bits per heavy atom. The van der Waals surface area contributed by atoms with Crippen molar-refractivity contribution in [3.63, 3.8) is 0 Å². The minimum absolute atomic E-state index is 0.251. The van der Waals surface area contributed by atoms with E-state index in [1.807, 2.05) is 27.8 Å². The van der Waals surface area contributed by atoms with Gasteiger partial charge in [0.15, 0.2) is 5.71 Å². The van der Waals surface area contributed by atoms with Gasteiger partial charge in [-0.15, -0.1) is 0 Å². The van der Waals surface area contributed by atoms with Crippen molar-refractivity contribution in [3.05, 3.63) is 155 Å². The van der Waals surface area contributed by atoms with Gasteiger partial charge in [0.05, 0.1) is 11.1 Å². The van der Waals surface area contributed by atoms with Gasteiger partial charge in [0.1, 0.15) is 12.1 Å². The lowest BCUT2D eigenvalue weighted by Gasteiger charge is -2.27. The van der Waals surface area contributed by atoms with Gasteiger partial charge in [-0.1, -0.05) is 98.8 Å². The third-order valence-electron chi connectivity index (χ3n) is 12.0. The highest BCUT2D eigenvalue weighted by Gasteiger charge is 2.45. The van der Waals surface area contributed by atoms with Crippen LogP contribution in [-0.2, 0) is 15.6 Å². The van der Waals surface area contributed by atoms with Gasteiger partial charge >= 0.3 is 6.09 Å².